The molecule has 0 aliphatic carbocycles. The molecule has 1 aromatic carbocycles. The first-order valence-electron chi connectivity index (χ1n) is 5.55. The van der Waals surface area contributed by atoms with Crippen LogP contribution in [-0.2, 0) is 11.2 Å². The molecule has 0 radical (unpaired) electrons. The van der Waals surface area contributed by atoms with Gasteiger partial charge in [-0.3, -0.25) is 0 Å². The van der Waals surface area contributed by atoms with E-state index in [1.54, 1.807) is 7.05 Å². The number of hydrogen-bond acceptors (Lipinski definition) is 3. The van der Waals surface area contributed by atoms with Gasteiger partial charge < -0.3 is 10.1 Å². The van der Waals surface area contributed by atoms with Crippen LogP contribution in [0.1, 0.15) is 12.0 Å². The van der Waals surface area contributed by atoms with Crippen LogP contribution < -0.4 is 5.32 Å². The summed E-state index contributed by atoms with van der Waals surface area (Å²) in [6, 6.07) is 12.3. The third-order valence-corrected chi connectivity index (χ3v) is 2.43. The lowest BCUT2D eigenvalue weighted by Gasteiger charge is -2.08. The van der Waals surface area contributed by atoms with Gasteiger partial charge in [0.1, 0.15) is 0 Å². The highest BCUT2D eigenvalue weighted by atomic mass is 16.5. The van der Waals surface area contributed by atoms with Gasteiger partial charge in [0, 0.05) is 6.61 Å². The minimum Gasteiger partial charge on any atom is -0.381 e. The van der Waals surface area contributed by atoms with Gasteiger partial charge >= 0.3 is 0 Å². The van der Waals surface area contributed by atoms with Gasteiger partial charge in [0.2, 0.25) is 0 Å². The Kier molecular flexibility index (Phi) is 6.24. The zero-order valence-corrected chi connectivity index (χ0v) is 9.65. The monoisotopic (exact) mass is 218 g/mol. The van der Waals surface area contributed by atoms with Gasteiger partial charge in [-0.25, -0.2) is 0 Å². The topological polar surface area (TPSA) is 45.0 Å². The molecule has 16 heavy (non-hydrogen) atoms. The normalized spacial score (nSPS) is 12.0. The van der Waals surface area contributed by atoms with E-state index in [0.29, 0.717) is 13.2 Å². The van der Waals surface area contributed by atoms with Crippen LogP contribution in [0, 0.1) is 11.3 Å². The smallest absolute Gasteiger partial charge is 0.0972 e. The van der Waals surface area contributed by atoms with Crippen molar-refractivity contribution in [2.45, 2.75) is 18.9 Å². The average molecular weight is 218 g/mol. The van der Waals surface area contributed by atoms with Gasteiger partial charge in [0.15, 0.2) is 0 Å². The van der Waals surface area contributed by atoms with Gasteiger partial charge in [0.25, 0.3) is 0 Å². The van der Waals surface area contributed by atoms with E-state index in [-0.39, 0.29) is 6.04 Å². The van der Waals surface area contributed by atoms with Crippen molar-refractivity contribution >= 4 is 0 Å². The van der Waals surface area contributed by atoms with Crippen molar-refractivity contribution in [2.24, 2.45) is 0 Å². The molecule has 3 nitrogen and oxygen atoms in total. The van der Waals surface area contributed by atoms with E-state index < -0.39 is 0 Å². The quantitative estimate of drug-likeness (QED) is 0.709. The number of benzene rings is 1. The van der Waals surface area contributed by atoms with E-state index in [9.17, 15) is 0 Å². The first-order valence-corrected chi connectivity index (χ1v) is 5.55. The summed E-state index contributed by atoms with van der Waals surface area (Å²) in [5, 5.41) is 11.6. The summed E-state index contributed by atoms with van der Waals surface area (Å²) in [7, 11) is 1.79. The largest absolute Gasteiger partial charge is 0.381 e. The van der Waals surface area contributed by atoms with E-state index in [1.165, 1.54) is 5.56 Å². The summed E-state index contributed by atoms with van der Waals surface area (Å²) in [6.07, 6.45) is 1.67. The maximum atomic E-state index is 8.69. The second-order valence-corrected chi connectivity index (χ2v) is 3.61. The van der Waals surface area contributed by atoms with Gasteiger partial charge in [-0.05, 0) is 25.5 Å². The standard InChI is InChI=1S/C13H18N2O/c1-15-13(11-14)8-10-16-9-7-12-5-3-2-4-6-12/h2-6,13,15H,7-10H2,1H3. The second kappa shape index (κ2) is 7.86. The van der Waals surface area contributed by atoms with Crippen LogP contribution in [0.3, 0.4) is 0 Å². The number of nitrogens with zero attached hydrogens (tertiary/aromatic N) is 1. The van der Waals surface area contributed by atoms with E-state index in [0.717, 1.165) is 12.8 Å². The molecular formula is C13H18N2O. The minimum absolute atomic E-state index is 0.100. The molecule has 1 aromatic rings. The molecule has 0 saturated heterocycles. The summed E-state index contributed by atoms with van der Waals surface area (Å²) in [5.41, 5.74) is 1.29. The summed E-state index contributed by atoms with van der Waals surface area (Å²) >= 11 is 0. The van der Waals surface area contributed by atoms with E-state index in [4.69, 9.17) is 10.00 Å². The SMILES string of the molecule is CNC(C#N)CCOCCc1ccccc1. The predicted octanol–water partition coefficient (Wildman–Crippen LogP) is 1.75. The molecule has 1 unspecified atom stereocenters. The van der Waals surface area contributed by atoms with Crippen LogP contribution in [0.5, 0.6) is 0 Å². The molecule has 0 fully saturated rings. The number of nitriles is 1. The Bertz CT molecular complexity index is 318. The van der Waals surface area contributed by atoms with Crippen molar-refractivity contribution in [1.82, 2.24) is 5.32 Å². The lowest BCUT2D eigenvalue weighted by atomic mass is 10.2. The molecule has 86 valence electrons. The van der Waals surface area contributed by atoms with Crippen molar-refractivity contribution in [1.29, 1.82) is 5.26 Å². The summed E-state index contributed by atoms with van der Waals surface area (Å²) in [4.78, 5) is 0. The van der Waals surface area contributed by atoms with Crippen LogP contribution in [0.2, 0.25) is 0 Å². The van der Waals surface area contributed by atoms with Crippen molar-refractivity contribution in [3.63, 3.8) is 0 Å². The average Bonchev–Trinajstić information content (AvgIpc) is 2.35. The van der Waals surface area contributed by atoms with E-state index in [2.05, 4.69) is 23.5 Å². The molecule has 1 N–H and O–H groups in total. The van der Waals surface area contributed by atoms with E-state index in [1.807, 2.05) is 18.2 Å². The Labute approximate surface area is 97.0 Å². The lowest BCUT2D eigenvalue weighted by Crippen LogP contribution is -2.24. The summed E-state index contributed by atoms with van der Waals surface area (Å²) in [6.45, 7) is 1.35. The predicted molar refractivity (Wildman–Crippen MR) is 64.0 cm³/mol. The van der Waals surface area contributed by atoms with Crippen LogP contribution in [0.15, 0.2) is 30.3 Å². The fraction of sp³-hybridized carbons (Fsp3) is 0.462. The highest BCUT2D eigenvalue weighted by molar-refractivity contribution is 5.14. The van der Waals surface area contributed by atoms with Crippen LogP contribution in [0.4, 0.5) is 0 Å². The molecule has 1 rings (SSSR count). The molecule has 0 aliphatic heterocycles. The number of rotatable bonds is 7. The van der Waals surface area contributed by atoms with Crippen molar-refractivity contribution in [3.05, 3.63) is 35.9 Å². The Hall–Kier alpha value is -1.37. The van der Waals surface area contributed by atoms with E-state index >= 15 is 0 Å². The third kappa shape index (κ3) is 4.92. The first kappa shape index (κ1) is 12.7. The Morgan fingerprint density at radius 3 is 2.69 bits per heavy atom. The third-order valence-electron chi connectivity index (χ3n) is 2.43. The maximum Gasteiger partial charge on any atom is 0.0972 e. The second-order valence-electron chi connectivity index (χ2n) is 3.61. The van der Waals surface area contributed by atoms with Crippen molar-refractivity contribution in [2.75, 3.05) is 20.3 Å². The molecule has 1 atom stereocenters. The van der Waals surface area contributed by atoms with Gasteiger partial charge in [-0.1, -0.05) is 30.3 Å². The highest BCUT2D eigenvalue weighted by Gasteiger charge is 2.02. The fourth-order valence-electron chi connectivity index (χ4n) is 1.41. The van der Waals surface area contributed by atoms with Crippen LogP contribution in [0.25, 0.3) is 0 Å². The number of nitrogens with one attached hydrogen (secondary N) is 1. The molecule has 3 heteroatoms. The minimum atomic E-state index is -0.100. The molecule has 0 amide bonds. The Balaban J connectivity index is 2.07. The van der Waals surface area contributed by atoms with Crippen molar-refractivity contribution < 1.29 is 4.74 Å². The van der Waals surface area contributed by atoms with Crippen molar-refractivity contribution in [3.8, 4) is 6.07 Å². The summed E-state index contributed by atoms with van der Waals surface area (Å²) < 4.78 is 5.48. The lowest BCUT2D eigenvalue weighted by molar-refractivity contribution is 0.131. The molecule has 0 spiro atoms. The maximum absolute atomic E-state index is 8.69. The summed E-state index contributed by atoms with van der Waals surface area (Å²) in [5.74, 6) is 0. The molecular weight excluding hydrogens is 200 g/mol. The fourth-order valence-corrected chi connectivity index (χ4v) is 1.41. The molecule has 0 aromatic heterocycles. The Morgan fingerprint density at radius 2 is 2.06 bits per heavy atom. The zero-order valence-electron chi connectivity index (χ0n) is 9.65. The van der Waals surface area contributed by atoms with Gasteiger partial charge in [-0.15, -0.1) is 0 Å². The number of ether oxygens (including phenoxy) is 1. The molecule has 0 heterocycles. The molecule has 0 bridgehead atoms. The zero-order chi connectivity index (χ0) is 11.6. The Morgan fingerprint density at radius 1 is 1.31 bits per heavy atom. The number of hydrogen-bond donors (Lipinski definition) is 1. The molecule has 0 aliphatic rings. The van der Waals surface area contributed by atoms with Crippen LogP contribution in [-0.4, -0.2) is 26.3 Å². The van der Waals surface area contributed by atoms with Gasteiger partial charge in [0.05, 0.1) is 18.7 Å². The first-order chi connectivity index (χ1) is 7.86. The molecule has 0 saturated carbocycles. The highest BCUT2D eigenvalue weighted by Crippen LogP contribution is 2.00. The van der Waals surface area contributed by atoms with Crippen LogP contribution >= 0.6 is 0 Å². The van der Waals surface area contributed by atoms with Gasteiger partial charge in [-0.2, -0.15) is 5.26 Å².